The van der Waals surface area contributed by atoms with Crippen LogP contribution >= 0.6 is 15.9 Å². The summed E-state index contributed by atoms with van der Waals surface area (Å²) >= 11 is 3.57. The molecule has 3 N–H and O–H groups in total. The number of aryl methyl sites for hydroxylation is 1. The number of aromatic nitrogens is 2. The number of halogens is 1. The van der Waals surface area contributed by atoms with Crippen LogP contribution in [0.1, 0.15) is 37.8 Å². The molecule has 2 saturated heterocycles. The van der Waals surface area contributed by atoms with Gasteiger partial charge < -0.3 is 35.0 Å². The highest BCUT2D eigenvalue weighted by atomic mass is 79.9. The summed E-state index contributed by atoms with van der Waals surface area (Å²) in [6.45, 7) is 12.4. The van der Waals surface area contributed by atoms with Crippen LogP contribution in [0.3, 0.4) is 0 Å². The van der Waals surface area contributed by atoms with Gasteiger partial charge in [0.2, 0.25) is 5.95 Å². The second-order valence-corrected chi connectivity index (χ2v) is 12.9. The van der Waals surface area contributed by atoms with E-state index < -0.39 is 5.60 Å². The van der Waals surface area contributed by atoms with Crippen LogP contribution in [0.5, 0.6) is 11.5 Å². The number of hydrogen-bond acceptors (Lipinski definition) is 10. The molecule has 2 aromatic carbocycles. The Labute approximate surface area is 263 Å². The zero-order valence-corrected chi connectivity index (χ0v) is 27.7. The lowest BCUT2D eigenvalue weighted by molar-refractivity contribution is 0.0793. The van der Waals surface area contributed by atoms with Crippen molar-refractivity contribution in [3.8, 4) is 11.5 Å². The Hall–Kier alpha value is -3.12. The van der Waals surface area contributed by atoms with Crippen LogP contribution < -0.4 is 25.0 Å². The van der Waals surface area contributed by atoms with Crippen molar-refractivity contribution in [2.75, 3.05) is 76.1 Å². The predicted molar refractivity (Wildman–Crippen MR) is 177 cm³/mol. The number of anilines is 5. The van der Waals surface area contributed by atoms with Crippen LogP contribution in [0.2, 0.25) is 0 Å². The van der Waals surface area contributed by atoms with Crippen molar-refractivity contribution < 1.29 is 14.6 Å². The topological polar surface area (TPSA) is 98.2 Å². The van der Waals surface area contributed by atoms with Crippen molar-refractivity contribution in [1.82, 2.24) is 19.8 Å². The molecule has 11 heteroatoms. The SMILES string of the molecule is COc1ccc(C(C)(C)O)c(Nc2nc(Nc3cc(C)c(N4CCC(N5CCN(C)CC5)CC4)cc3OC)ncc2Br)c1. The van der Waals surface area contributed by atoms with Gasteiger partial charge in [0.1, 0.15) is 17.3 Å². The van der Waals surface area contributed by atoms with E-state index >= 15 is 0 Å². The number of likely N-dealkylation sites (N-methyl/N-ethyl adjacent to an activating group) is 1. The Morgan fingerprint density at radius 3 is 2.33 bits per heavy atom. The number of piperidine rings is 1. The summed E-state index contributed by atoms with van der Waals surface area (Å²) in [5.41, 5.74) is 3.50. The molecule has 0 radical (unpaired) electrons. The Morgan fingerprint density at radius 1 is 0.953 bits per heavy atom. The molecule has 0 bridgehead atoms. The van der Waals surface area contributed by atoms with E-state index in [2.05, 4.69) is 72.4 Å². The van der Waals surface area contributed by atoms with Gasteiger partial charge in [0.05, 0.1) is 30.0 Å². The van der Waals surface area contributed by atoms with Crippen molar-refractivity contribution in [3.05, 3.63) is 52.1 Å². The molecule has 3 heterocycles. The molecule has 0 saturated carbocycles. The number of piperazine rings is 1. The molecule has 232 valence electrons. The minimum absolute atomic E-state index is 0.414. The number of benzene rings is 2. The Bertz CT molecular complexity index is 1410. The Morgan fingerprint density at radius 2 is 1.67 bits per heavy atom. The van der Waals surface area contributed by atoms with E-state index in [9.17, 15) is 5.11 Å². The van der Waals surface area contributed by atoms with E-state index in [1.807, 2.05) is 18.2 Å². The maximum absolute atomic E-state index is 10.8. The van der Waals surface area contributed by atoms with Crippen molar-refractivity contribution in [1.29, 1.82) is 0 Å². The van der Waals surface area contributed by atoms with Crippen molar-refractivity contribution >= 4 is 44.8 Å². The molecular formula is C32H44BrN7O3. The van der Waals surface area contributed by atoms with Gasteiger partial charge in [0, 0.05) is 80.6 Å². The van der Waals surface area contributed by atoms with Gasteiger partial charge in [-0.05, 0) is 74.3 Å². The van der Waals surface area contributed by atoms with Gasteiger partial charge >= 0.3 is 0 Å². The van der Waals surface area contributed by atoms with Crippen molar-refractivity contribution in [2.45, 2.75) is 45.3 Å². The molecule has 0 spiro atoms. The van der Waals surface area contributed by atoms with Crippen LogP contribution in [0.25, 0.3) is 0 Å². The second kappa shape index (κ2) is 13.3. The zero-order chi connectivity index (χ0) is 30.7. The van der Waals surface area contributed by atoms with Crippen LogP contribution in [-0.4, -0.2) is 91.5 Å². The predicted octanol–water partition coefficient (Wildman–Crippen LogP) is 5.50. The average Bonchev–Trinajstić information content (AvgIpc) is 2.99. The summed E-state index contributed by atoms with van der Waals surface area (Å²) in [6.07, 6.45) is 4.05. The number of methoxy groups -OCH3 is 2. The molecule has 3 aromatic rings. The number of nitrogens with one attached hydrogen (secondary N) is 2. The standard InChI is InChI=1S/C32H44BrN7O3/c1-21-17-27(29(43-6)19-28(21)40-11-9-22(10-12-40)39-15-13-38(4)14-16-39)36-31-34-20-25(33)30(37-31)35-26-18-23(42-5)7-8-24(26)32(2,3)41/h7-8,17-20,22,41H,9-16H2,1-6H3,(H2,34,35,36,37). The third-order valence-electron chi connectivity index (χ3n) is 8.51. The first-order valence-corrected chi connectivity index (χ1v) is 15.7. The van der Waals surface area contributed by atoms with E-state index in [1.165, 1.54) is 37.2 Å². The highest BCUT2D eigenvalue weighted by Crippen LogP contribution is 2.38. The zero-order valence-electron chi connectivity index (χ0n) is 26.1. The fourth-order valence-corrected chi connectivity index (χ4v) is 6.28. The van der Waals surface area contributed by atoms with Crippen molar-refractivity contribution in [2.24, 2.45) is 0 Å². The first-order valence-electron chi connectivity index (χ1n) is 14.9. The van der Waals surface area contributed by atoms with Gasteiger partial charge in [-0.25, -0.2) is 4.98 Å². The average molecular weight is 655 g/mol. The van der Waals surface area contributed by atoms with E-state index in [0.717, 1.165) is 37.6 Å². The highest BCUT2D eigenvalue weighted by Gasteiger charge is 2.28. The van der Waals surface area contributed by atoms with E-state index in [1.54, 1.807) is 34.3 Å². The first-order chi connectivity index (χ1) is 20.5. The summed E-state index contributed by atoms with van der Waals surface area (Å²) in [4.78, 5) is 16.8. The lowest BCUT2D eigenvalue weighted by atomic mass is 9.96. The lowest BCUT2D eigenvalue weighted by Crippen LogP contribution is -2.52. The molecular weight excluding hydrogens is 610 g/mol. The quantitative estimate of drug-likeness (QED) is 0.275. The van der Waals surface area contributed by atoms with Crippen LogP contribution in [0.4, 0.5) is 28.8 Å². The Kier molecular flexibility index (Phi) is 9.65. The smallest absolute Gasteiger partial charge is 0.229 e. The molecule has 43 heavy (non-hydrogen) atoms. The maximum Gasteiger partial charge on any atom is 0.229 e. The summed E-state index contributed by atoms with van der Waals surface area (Å²) in [5, 5.41) is 17.5. The summed E-state index contributed by atoms with van der Waals surface area (Å²) < 4.78 is 11.9. The van der Waals surface area contributed by atoms with Gasteiger partial charge in [0.25, 0.3) is 0 Å². The number of nitrogens with zero attached hydrogens (tertiary/aromatic N) is 5. The molecule has 2 aliphatic heterocycles. The summed E-state index contributed by atoms with van der Waals surface area (Å²) in [7, 11) is 5.52. The number of ether oxygens (including phenoxy) is 2. The van der Waals surface area contributed by atoms with Gasteiger partial charge in [-0.1, -0.05) is 6.07 Å². The van der Waals surface area contributed by atoms with Gasteiger partial charge in [-0.2, -0.15) is 4.98 Å². The summed E-state index contributed by atoms with van der Waals surface area (Å²) in [6, 6.07) is 10.4. The van der Waals surface area contributed by atoms with Crippen LogP contribution in [0, 0.1) is 6.92 Å². The molecule has 0 atom stereocenters. The molecule has 10 nitrogen and oxygen atoms in total. The maximum atomic E-state index is 10.8. The Balaban J connectivity index is 1.32. The molecule has 0 aliphatic carbocycles. The fraction of sp³-hybridized carbons (Fsp3) is 0.500. The highest BCUT2D eigenvalue weighted by molar-refractivity contribution is 9.10. The van der Waals surface area contributed by atoms with Gasteiger partial charge in [0.15, 0.2) is 0 Å². The molecule has 0 amide bonds. The third-order valence-corrected chi connectivity index (χ3v) is 9.09. The largest absolute Gasteiger partial charge is 0.497 e. The molecule has 0 unspecified atom stereocenters. The molecule has 2 aliphatic rings. The van der Waals surface area contributed by atoms with E-state index in [0.29, 0.717) is 39.3 Å². The van der Waals surface area contributed by atoms with E-state index in [-0.39, 0.29) is 0 Å². The normalized spacial score (nSPS) is 17.2. The van der Waals surface area contributed by atoms with E-state index in [4.69, 9.17) is 14.5 Å². The monoisotopic (exact) mass is 653 g/mol. The molecule has 1 aromatic heterocycles. The lowest BCUT2D eigenvalue weighted by Gasteiger charge is -2.43. The summed E-state index contributed by atoms with van der Waals surface area (Å²) in [5.74, 6) is 2.37. The number of aliphatic hydroxyl groups is 1. The first kappa shape index (κ1) is 31.3. The van der Waals surface area contributed by atoms with Crippen LogP contribution in [-0.2, 0) is 5.60 Å². The minimum atomic E-state index is -1.07. The number of hydrogen-bond donors (Lipinski definition) is 3. The van der Waals surface area contributed by atoms with Crippen molar-refractivity contribution in [3.63, 3.8) is 0 Å². The minimum Gasteiger partial charge on any atom is -0.497 e. The van der Waals surface area contributed by atoms with Gasteiger partial charge in [-0.15, -0.1) is 0 Å². The fourth-order valence-electron chi connectivity index (χ4n) is 5.99. The third kappa shape index (κ3) is 7.34. The van der Waals surface area contributed by atoms with Crippen LogP contribution in [0.15, 0.2) is 41.0 Å². The second-order valence-electron chi connectivity index (χ2n) is 12.0. The molecule has 5 rings (SSSR count). The molecule has 2 fully saturated rings. The number of rotatable bonds is 9. The van der Waals surface area contributed by atoms with Gasteiger partial charge in [-0.3, -0.25) is 4.90 Å².